The lowest BCUT2D eigenvalue weighted by atomic mass is 9.82. The van der Waals surface area contributed by atoms with E-state index < -0.39 is 0 Å². The molecule has 1 aromatic heterocycles. The van der Waals surface area contributed by atoms with Crippen LogP contribution in [0.2, 0.25) is 0 Å². The molecule has 1 heterocycles. The molecule has 0 bridgehead atoms. The normalized spacial score (nSPS) is 13.1. The van der Waals surface area contributed by atoms with Crippen LogP contribution in [-0.4, -0.2) is 0 Å². The van der Waals surface area contributed by atoms with Gasteiger partial charge in [0, 0.05) is 42.6 Å². The van der Waals surface area contributed by atoms with Crippen molar-refractivity contribution in [3.05, 3.63) is 199 Å². The van der Waals surface area contributed by atoms with Crippen LogP contribution in [0.25, 0.3) is 75.1 Å². The van der Waals surface area contributed by atoms with E-state index in [1.54, 1.807) is 0 Å². The van der Waals surface area contributed by atoms with Crippen molar-refractivity contribution >= 4 is 70.1 Å². The van der Waals surface area contributed by atoms with Crippen molar-refractivity contribution in [3.63, 3.8) is 0 Å². The first-order chi connectivity index (χ1) is 27.0. The van der Waals surface area contributed by atoms with Crippen molar-refractivity contribution < 1.29 is 0 Å². The van der Waals surface area contributed by atoms with Crippen molar-refractivity contribution in [3.8, 4) is 33.4 Å². The summed E-state index contributed by atoms with van der Waals surface area (Å²) < 4.78 is 2.69. The molecule has 0 N–H and O–H groups in total. The third-order valence-corrected chi connectivity index (χ3v) is 13.1. The van der Waals surface area contributed by atoms with Gasteiger partial charge in [-0.15, -0.1) is 11.3 Å². The first-order valence-corrected chi connectivity index (χ1v) is 19.9. The average molecular weight is 720 g/mol. The summed E-state index contributed by atoms with van der Waals surface area (Å²) in [7, 11) is 0. The first kappa shape index (κ1) is 32.0. The van der Waals surface area contributed by atoms with E-state index in [0.717, 1.165) is 17.1 Å². The Labute approximate surface area is 325 Å². The van der Waals surface area contributed by atoms with Crippen molar-refractivity contribution in [2.45, 2.75) is 19.3 Å². The number of thiophene rings is 1. The molecule has 2 heteroatoms. The molecule has 0 aliphatic heterocycles. The second kappa shape index (κ2) is 12.3. The van der Waals surface area contributed by atoms with Crippen LogP contribution in [0.5, 0.6) is 0 Å². The van der Waals surface area contributed by atoms with Crippen LogP contribution in [0.1, 0.15) is 25.0 Å². The van der Waals surface area contributed by atoms with E-state index in [1.165, 1.54) is 86.2 Å². The van der Waals surface area contributed by atoms with Crippen LogP contribution in [0.15, 0.2) is 188 Å². The Kier molecular flexibility index (Phi) is 7.14. The quantitative estimate of drug-likeness (QED) is 0.171. The molecule has 0 unspecified atom stereocenters. The highest BCUT2D eigenvalue weighted by molar-refractivity contribution is 7.27. The van der Waals surface area contributed by atoms with Gasteiger partial charge in [-0.3, -0.25) is 0 Å². The number of rotatable bonds is 5. The highest BCUT2D eigenvalue weighted by atomic mass is 32.1. The molecular formula is C53H37NS. The maximum Gasteiger partial charge on any atom is 0.0465 e. The van der Waals surface area contributed by atoms with E-state index in [1.807, 2.05) is 11.3 Å². The molecule has 55 heavy (non-hydrogen) atoms. The summed E-state index contributed by atoms with van der Waals surface area (Å²) in [5.41, 5.74) is 13.7. The lowest BCUT2D eigenvalue weighted by molar-refractivity contribution is 0.660. The van der Waals surface area contributed by atoms with Crippen LogP contribution in [0, 0.1) is 0 Å². The summed E-state index contributed by atoms with van der Waals surface area (Å²) in [6, 6.07) is 69.5. The molecule has 1 aliphatic rings. The number of hydrogen-bond acceptors (Lipinski definition) is 2. The van der Waals surface area contributed by atoms with Gasteiger partial charge in [-0.2, -0.15) is 0 Å². The molecule has 0 fully saturated rings. The minimum absolute atomic E-state index is 0.0916. The maximum absolute atomic E-state index is 2.42. The second-order valence-corrected chi connectivity index (χ2v) is 16.4. The molecular weight excluding hydrogens is 683 g/mol. The van der Waals surface area contributed by atoms with Crippen LogP contribution in [0.3, 0.4) is 0 Å². The van der Waals surface area contributed by atoms with Gasteiger partial charge >= 0.3 is 0 Å². The van der Waals surface area contributed by atoms with Crippen molar-refractivity contribution in [1.29, 1.82) is 0 Å². The van der Waals surface area contributed by atoms with Crippen LogP contribution >= 0.6 is 11.3 Å². The summed E-state index contributed by atoms with van der Waals surface area (Å²) in [6.45, 7) is 4.71. The molecule has 0 saturated heterocycles. The number of nitrogens with zero attached hydrogens (tertiary/aromatic N) is 1. The summed E-state index contributed by atoms with van der Waals surface area (Å²) in [5.74, 6) is 0. The molecule has 9 aromatic carbocycles. The molecule has 0 spiro atoms. The predicted molar refractivity (Wildman–Crippen MR) is 237 cm³/mol. The molecule has 0 atom stereocenters. The Bertz CT molecular complexity index is 3110. The summed E-state index contributed by atoms with van der Waals surface area (Å²) in [6.07, 6.45) is 0. The topological polar surface area (TPSA) is 3.24 Å². The fourth-order valence-electron chi connectivity index (χ4n) is 8.99. The molecule has 0 amide bonds. The molecule has 1 aliphatic carbocycles. The molecule has 1 nitrogen and oxygen atoms in total. The Hall–Kier alpha value is -6.48. The van der Waals surface area contributed by atoms with E-state index in [2.05, 4.69) is 207 Å². The molecule has 0 radical (unpaired) electrons. The Balaban J connectivity index is 1.02. The summed E-state index contributed by atoms with van der Waals surface area (Å²) in [5, 5.41) is 7.78. The van der Waals surface area contributed by atoms with E-state index >= 15 is 0 Å². The van der Waals surface area contributed by atoms with Crippen LogP contribution in [-0.2, 0) is 5.41 Å². The fourth-order valence-corrected chi connectivity index (χ4v) is 10.4. The minimum Gasteiger partial charge on any atom is -0.310 e. The van der Waals surface area contributed by atoms with Gasteiger partial charge in [0.1, 0.15) is 0 Å². The largest absolute Gasteiger partial charge is 0.310 e. The number of benzene rings is 9. The Morgan fingerprint density at radius 2 is 0.945 bits per heavy atom. The minimum atomic E-state index is -0.0916. The fraction of sp³-hybridized carbons (Fsp3) is 0.0566. The second-order valence-electron chi connectivity index (χ2n) is 15.3. The van der Waals surface area contributed by atoms with Crippen LogP contribution < -0.4 is 4.90 Å². The lowest BCUT2D eigenvalue weighted by Crippen LogP contribution is -2.16. The third-order valence-electron chi connectivity index (χ3n) is 11.9. The van der Waals surface area contributed by atoms with Crippen LogP contribution in [0.4, 0.5) is 17.1 Å². The van der Waals surface area contributed by atoms with Gasteiger partial charge in [-0.1, -0.05) is 159 Å². The van der Waals surface area contributed by atoms with Gasteiger partial charge in [0.2, 0.25) is 0 Å². The SMILES string of the molecule is CC1(C)c2ccccc2-c2ccc(N(c3ccc(-c4ccc5ccccc5c4)cc3)c3ccc(-c4cccc5c4sc4c6ccccc6ccc54)cc3)cc21. The Morgan fingerprint density at radius 1 is 0.364 bits per heavy atom. The van der Waals surface area contributed by atoms with E-state index in [9.17, 15) is 0 Å². The van der Waals surface area contributed by atoms with Gasteiger partial charge in [0.15, 0.2) is 0 Å². The summed E-state index contributed by atoms with van der Waals surface area (Å²) in [4.78, 5) is 2.42. The zero-order chi connectivity index (χ0) is 36.7. The summed E-state index contributed by atoms with van der Waals surface area (Å²) >= 11 is 1.91. The van der Waals surface area contributed by atoms with Gasteiger partial charge in [-0.05, 0) is 109 Å². The van der Waals surface area contributed by atoms with Crippen molar-refractivity contribution in [2.24, 2.45) is 0 Å². The first-order valence-electron chi connectivity index (χ1n) is 19.1. The molecule has 11 rings (SSSR count). The van der Waals surface area contributed by atoms with E-state index in [4.69, 9.17) is 0 Å². The lowest BCUT2D eigenvalue weighted by Gasteiger charge is -2.28. The van der Waals surface area contributed by atoms with Crippen molar-refractivity contribution in [2.75, 3.05) is 4.90 Å². The van der Waals surface area contributed by atoms with Gasteiger partial charge in [-0.25, -0.2) is 0 Å². The van der Waals surface area contributed by atoms with Gasteiger partial charge < -0.3 is 4.90 Å². The Morgan fingerprint density at radius 3 is 1.76 bits per heavy atom. The zero-order valence-electron chi connectivity index (χ0n) is 30.8. The van der Waals surface area contributed by atoms with E-state index in [0.29, 0.717) is 0 Å². The van der Waals surface area contributed by atoms with E-state index in [-0.39, 0.29) is 5.41 Å². The monoisotopic (exact) mass is 719 g/mol. The third kappa shape index (κ3) is 5.06. The molecule has 10 aromatic rings. The number of fused-ring (bicyclic) bond motifs is 9. The zero-order valence-corrected chi connectivity index (χ0v) is 31.6. The van der Waals surface area contributed by atoms with Gasteiger partial charge in [0.25, 0.3) is 0 Å². The number of hydrogen-bond donors (Lipinski definition) is 0. The average Bonchev–Trinajstić information content (AvgIpc) is 3.74. The molecule has 260 valence electrons. The standard InChI is InChI=1S/C53H37NS/c1-53(2)49-17-8-7-14-45(49)46-31-29-42(33-50(46)53)54(40-25-20-35(21-26-40)39-19-18-34-10-3-4-12-38(34)32-39)41-27-22-37(23-28-41)44-15-9-16-47-48-30-24-36-11-5-6-13-43(36)52(48)55-51(44)47/h3-33H,1-2H3. The van der Waals surface area contributed by atoms with Crippen molar-refractivity contribution in [1.82, 2.24) is 0 Å². The smallest absolute Gasteiger partial charge is 0.0465 e. The highest BCUT2D eigenvalue weighted by Gasteiger charge is 2.35. The van der Waals surface area contributed by atoms with Gasteiger partial charge in [0.05, 0.1) is 0 Å². The maximum atomic E-state index is 2.42. The predicted octanol–water partition coefficient (Wildman–Crippen LogP) is 15.5. The highest BCUT2D eigenvalue weighted by Crippen LogP contribution is 2.51. The number of anilines is 3. The molecule has 0 saturated carbocycles.